The molecule has 0 unspecified atom stereocenters. The zero-order chi connectivity index (χ0) is 18.6. The molecule has 4 aromatic rings. The lowest BCUT2D eigenvalue weighted by atomic mass is 10.2. The predicted molar refractivity (Wildman–Crippen MR) is 102 cm³/mol. The van der Waals surface area contributed by atoms with E-state index in [1.165, 1.54) is 6.21 Å². The lowest BCUT2D eigenvalue weighted by Crippen LogP contribution is -2.01. The number of hydrogen-bond acceptors (Lipinski definition) is 5. The van der Waals surface area contributed by atoms with Gasteiger partial charge in [0.1, 0.15) is 18.8 Å². The smallest absolute Gasteiger partial charge is 0.134 e. The van der Waals surface area contributed by atoms with Crippen LogP contribution in [0.4, 0.5) is 0 Å². The molecule has 7 nitrogen and oxygen atoms in total. The molecule has 2 heterocycles. The molecule has 0 saturated heterocycles. The minimum atomic E-state index is 0.469. The quantitative estimate of drug-likeness (QED) is 0.325. The van der Waals surface area contributed by atoms with Crippen molar-refractivity contribution in [2.75, 3.05) is 0 Å². The molecule has 2 aromatic carbocycles. The van der Waals surface area contributed by atoms with Gasteiger partial charge in [-0.3, -0.25) is 4.57 Å². The molecule has 2 aromatic heterocycles. The monoisotopic (exact) mass is 361 g/mol. The molecule has 0 atom stereocenters. The van der Waals surface area contributed by atoms with Crippen LogP contribution in [0, 0.1) is 0 Å². The number of fused-ring (bicyclic) bond motifs is 1. The van der Waals surface area contributed by atoms with Crippen LogP contribution in [0.5, 0.6) is 0 Å². The number of hydrogen-bond donors (Lipinski definition) is 1. The SMILES string of the molecule is Cn1ccnc1COCc1cccc(-n2cnc3cc(/C=N/O)ccc32)c1. The van der Waals surface area contributed by atoms with Crippen LogP contribution in [-0.2, 0) is 25.0 Å². The number of aromatic nitrogens is 4. The van der Waals surface area contributed by atoms with Crippen LogP contribution in [0.2, 0.25) is 0 Å². The fraction of sp³-hybridized carbons (Fsp3) is 0.150. The highest BCUT2D eigenvalue weighted by molar-refractivity contribution is 5.87. The Bertz CT molecular complexity index is 1100. The second-order valence-corrected chi connectivity index (χ2v) is 6.22. The van der Waals surface area contributed by atoms with Gasteiger partial charge in [-0.15, -0.1) is 0 Å². The van der Waals surface area contributed by atoms with Crippen LogP contribution >= 0.6 is 0 Å². The summed E-state index contributed by atoms with van der Waals surface area (Å²) in [6, 6.07) is 13.9. The molecule has 27 heavy (non-hydrogen) atoms. The maximum atomic E-state index is 8.68. The van der Waals surface area contributed by atoms with Crippen molar-refractivity contribution in [3.8, 4) is 5.69 Å². The maximum Gasteiger partial charge on any atom is 0.134 e. The van der Waals surface area contributed by atoms with Crippen LogP contribution in [-0.4, -0.2) is 30.5 Å². The van der Waals surface area contributed by atoms with Crippen molar-refractivity contribution in [2.24, 2.45) is 12.2 Å². The van der Waals surface area contributed by atoms with Crippen molar-refractivity contribution in [1.29, 1.82) is 0 Å². The predicted octanol–water partition coefficient (Wildman–Crippen LogP) is 3.28. The molecule has 0 fully saturated rings. The largest absolute Gasteiger partial charge is 0.411 e. The Morgan fingerprint density at radius 2 is 2.07 bits per heavy atom. The summed E-state index contributed by atoms with van der Waals surface area (Å²) < 4.78 is 9.77. The Kier molecular flexibility index (Phi) is 4.67. The van der Waals surface area contributed by atoms with E-state index >= 15 is 0 Å². The van der Waals surface area contributed by atoms with Crippen molar-refractivity contribution >= 4 is 17.2 Å². The second-order valence-electron chi connectivity index (χ2n) is 6.22. The highest BCUT2D eigenvalue weighted by Crippen LogP contribution is 2.20. The Balaban J connectivity index is 1.53. The van der Waals surface area contributed by atoms with Crippen molar-refractivity contribution < 1.29 is 9.94 Å². The first-order chi connectivity index (χ1) is 13.2. The van der Waals surface area contributed by atoms with Gasteiger partial charge < -0.3 is 14.5 Å². The van der Waals surface area contributed by atoms with Gasteiger partial charge in [0.05, 0.1) is 23.9 Å². The van der Waals surface area contributed by atoms with E-state index in [1.807, 2.05) is 58.8 Å². The van der Waals surface area contributed by atoms with E-state index in [1.54, 1.807) is 12.5 Å². The molecule has 0 radical (unpaired) electrons. The Morgan fingerprint density at radius 3 is 2.89 bits per heavy atom. The summed E-state index contributed by atoms with van der Waals surface area (Å²) in [5, 5.41) is 11.7. The molecule has 0 spiro atoms. The summed E-state index contributed by atoms with van der Waals surface area (Å²) in [4.78, 5) is 8.71. The standard InChI is InChI=1S/C20H19N5O2/c1-24-8-7-21-20(24)13-27-12-16-3-2-4-17(9-16)25-14-22-18-10-15(11-23-26)5-6-19(18)25/h2-11,14,26H,12-13H2,1H3/b23-11+. The number of nitrogens with zero attached hydrogens (tertiary/aromatic N) is 5. The molecule has 1 N–H and O–H groups in total. The van der Waals surface area contributed by atoms with Crippen molar-refractivity contribution in [3.63, 3.8) is 0 Å². The minimum Gasteiger partial charge on any atom is -0.411 e. The highest BCUT2D eigenvalue weighted by Gasteiger charge is 2.07. The molecular weight excluding hydrogens is 342 g/mol. The number of oxime groups is 1. The van der Waals surface area contributed by atoms with Gasteiger partial charge in [0.2, 0.25) is 0 Å². The highest BCUT2D eigenvalue weighted by atomic mass is 16.5. The summed E-state index contributed by atoms with van der Waals surface area (Å²) >= 11 is 0. The van der Waals surface area contributed by atoms with Gasteiger partial charge in [-0.05, 0) is 35.4 Å². The first kappa shape index (κ1) is 17.0. The van der Waals surface area contributed by atoms with Crippen LogP contribution in [0.3, 0.4) is 0 Å². The molecule has 0 aliphatic rings. The molecule has 0 aliphatic heterocycles. The van der Waals surface area contributed by atoms with E-state index in [9.17, 15) is 0 Å². The van der Waals surface area contributed by atoms with Crippen molar-refractivity contribution in [2.45, 2.75) is 13.2 Å². The fourth-order valence-electron chi connectivity index (χ4n) is 2.97. The van der Waals surface area contributed by atoms with Crippen LogP contribution in [0.25, 0.3) is 16.7 Å². The minimum absolute atomic E-state index is 0.469. The Morgan fingerprint density at radius 1 is 1.15 bits per heavy atom. The summed E-state index contributed by atoms with van der Waals surface area (Å²) in [5.74, 6) is 0.897. The number of aryl methyl sites for hydroxylation is 1. The first-order valence-electron chi connectivity index (χ1n) is 8.52. The van der Waals surface area contributed by atoms with Gasteiger partial charge in [-0.1, -0.05) is 23.4 Å². The number of benzene rings is 2. The van der Waals surface area contributed by atoms with E-state index in [2.05, 4.69) is 21.2 Å². The normalized spacial score (nSPS) is 11.6. The van der Waals surface area contributed by atoms with E-state index in [-0.39, 0.29) is 0 Å². The van der Waals surface area contributed by atoms with E-state index in [4.69, 9.17) is 9.94 Å². The molecule has 0 saturated carbocycles. The van der Waals surface area contributed by atoms with Gasteiger partial charge in [0.15, 0.2) is 0 Å². The van der Waals surface area contributed by atoms with Gasteiger partial charge in [0.25, 0.3) is 0 Å². The van der Waals surface area contributed by atoms with Gasteiger partial charge in [-0.25, -0.2) is 9.97 Å². The van der Waals surface area contributed by atoms with Crippen molar-refractivity contribution in [3.05, 3.63) is 78.1 Å². The van der Waals surface area contributed by atoms with E-state index in [0.717, 1.165) is 33.7 Å². The van der Waals surface area contributed by atoms with E-state index < -0.39 is 0 Å². The van der Waals surface area contributed by atoms with Crippen LogP contribution in [0.15, 0.2) is 66.3 Å². The maximum absolute atomic E-state index is 8.68. The van der Waals surface area contributed by atoms with E-state index in [0.29, 0.717) is 13.2 Å². The van der Waals surface area contributed by atoms with Gasteiger partial charge in [0, 0.05) is 25.1 Å². The first-order valence-corrected chi connectivity index (χ1v) is 8.52. The summed E-state index contributed by atoms with van der Waals surface area (Å²) in [6.07, 6.45) is 6.85. The summed E-state index contributed by atoms with van der Waals surface area (Å²) in [5.41, 5.74) is 4.71. The molecule has 4 rings (SSSR count). The fourth-order valence-corrected chi connectivity index (χ4v) is 2.97. The molecule has 136 valence electrons. The number of rotatable bonds is 6. The topological polar surface area (TPSA) is 77.5 Å². The Hall–Kier alpha value is -3.45. The molecule has 7 heteroatoms. The van der Waals surface area contributed by atoms with Gasteiger partial charge in [-0.2, -0.15) is 0 Å². The third-order valence-corrected chi connectivity index (χ3v) is 4.39. The lowest BCUT2D eigenvalue weighted by Gasteiger charge is -2.08. The molecule has 0 amide bonds. The molecule has 0 bridgehead atoms. The van der Waals surface area contributed by atoms with Crippen molar-refractivity contribution in [1.82, 2.24) is 19.1 Å². The zero-order valence-corrected chi connectivity index (χ0v) is 14.9. The Labute approximate surface area is 156 Å². The molecular formula is C20H19N5O2. The third-order valence-electron chi connectivity index (χ3n) is 4.39. The molecule has 0 aliphatic carbocycles. The van der Waals surface area contributed by atoms with Crippen LogP contribution < -0.4 is 0 Å². The van der Waals surface area contributed by atoms with Crippen LogP contribution in [0.1, 0.15) is 17.0 Å². The average Bonchev–Trinajstić information content (AvgIpc) is 3.28. The summed E-state index contributed by atoms with van der Waals surface area (Å²) in [7, 11) is 1.95. The second kappa shape index (κ2) is 7.43. The van der Waals surface area contributed by atoms with Gasteiger partial charge >= 0.3 is 0 Å². The third kappa shape index (κ3) is 3.58. The summed E-state index contributed by atoms with van der Waals surface area (Å²) in [6.45, 7) is 0.974. The number of ether oxygens (including phenoxy) is 1. The average molecular weight is 361 g/mol. The lowest BCUT2D eigenvalue weighted by molar-refractivity contribution is 0.1000. The number of imidazole rings is 2. The zero-order valence-electron chi connectivity index (χ0n) is 14.9.